The van der Waals surface area contributed by atoms with Crippen LogP contribution in [-0.4, -0.2) is 34.4 Å². The Labute approximate surface area is 148 Å². The Kier molecular flexibility index (Phi) is 3.34. The molecule has 0 N–H and O–H groups in total. The number of nitrogens with zero attached hydrogens (tertiary/aromatic N) is 4. The van der Waals surface area contributed by atoms with Gasteiger partial charge in [0, 0.05) is 42.7 Å². The van der Waals surface area contributed by atoms with Crippen LogP contribution in [-0.2, 0) is 4.79 Å². The number of anilines is 1. The van der Waals surface area contributed by atoms with Gasteiger partial charge in [0.1, 0.15) is 0 Å². The summed E-state index contributed by atoms with van der Waals surface area (Å²) in [4.78, 5) is 22.6. The first-order valence-electron chi connectivity index (χ1n) is 8.22. The van der Waals surface area contributed by atoms with E-state index >= 15 is 0 Å². The van der Waals surface area contributed by atoms with Gasteiger partial charge in [0.25, 0.3) is 0 Å². The fourth-order valence-corrected chi connectivity index (χ4v) is 3.19. The summed E-state index contributed by atoms with van der Waals surface area (Å²) in [6.45, 7) is 0.686. The Hall–Kier alpha value is -3.42. The van der Waals surface area contributed by atoms with Crippen molar-refractivity contribution < 1.29 is 18.8 Å². The summed E-state index contributed by atoms with van der Waals surface area (Å²) in [6.07, 6.45) is 3.67. The van der Waals surface area contributed by atoms with Gasteiger partial charge in [-0.15, -0.1) is 0 Å². The maximum Gasteiger partial charge on any atom is 0.232 e. The molecule has 1 saturated heterocycles. The lowest BCUT2D eigenvalue weighted by atomic mass is 10.1. The van der Waals surface area contributed by atoms with Gasteiger partial charge in [-0.2, -0.15) is 4.98 Å². The first-order valence-corrected chi connectivity index (χ1v) is 8.22. The normalized spacial score (nSPS) is 18.5. The number of aromatic nitrogens is 3. The van der Waals surface area contributed by atoms with Crippen molar-refractivity contribution in [3.05, 3.63) is 48.6 Å². The van der Waals surface area contributed by atoms with Gasteiger partial charge in [-0.25, -0.2) is 0 Å². The van der Waals surface area contributed by atoms with Crippen molar-refractivity contribution in [3.63, 3.8) is 0 Å². The molecular weight excluding hydrogens is 336 g/mol. The molecule has 26 heavy (non-hydrogen) atoms. The van der Waals surface area contributed by atoms with Gasteiger partial charge in [-0.05, 0) is 24.3 Å². The Morgan fingerprint density at radius 3 is 2.81 bits per heavy atom. The van der Waals surface area contributed by atoms with E-state index < -0.39 is 0 Å². The van der Waals surface area contributed by atoms with Gasteiger partial charge in [0.05, 0.1) is 5.92 Å². The summed E-state index contributed by atoms with van der Waals surface area (Å²) in [7, 11) is 0. The first kappa shape index (κ1) is 14.9. The number of carbonyl (C=O) groups excluding carboxylic acids is 1. The predicted octanol–water partition coefficient (Wildman–Crippen LogP) is 2.38. The largest absolute Gasteiger partial charge is 0.454 e. The van der Waals surface area contributed by atoms with Crippen molar-refractivity contribution in [2.24, 2.45) is 0 Å². The number of rotatable bonds is 3. The molecule has 5 rings (SSSR count). The van der Waals surface area contributed by atoms with Crippen LogP contribution in [0.1, 0.15) is 18.2 Å². The lowest BCUT2D eigenvalue weighted by molar-refractivity contribution is -0.117. The van der Waals surface area contributed by atoms with Gasteiger partial charge in [0.15, 0.2) is 11.5 Å². The zero-order valence-corrected chi connectivity index (χ0v) is 13.7. The van der Waals surface area contributed by atoms with E-state index in [9.17, 15) is 4.79 Å². The van der Waals surface area contributed by atoms with Crippen LogP contribution in [0.4, 0.5) is 5.69 Å². The number of pyridine rings is 1. The summed E-state index contributed by atoms with van der Waals surface area (Å²) in [5, 5.41) is 4.02. The quantitative estimate of drug-likeness (QED) is 0.716. The van der Waals surface area contributed by atoms with Crippen LogP contribution in [0.2, 0.25) is 0 Å². The lowest BCUT2D eigenvalue weighted by Gasteiger charge is -2.16. The molecule has 0 bridgehead atoms. The van der Waals surface area contributed by atoms with Crippen LogP contribution < -0.4 is 14.4 Å². The second kappa shape index (κ2) is 5.83. The number of amides is 1. The highest BCUT2D eigenvalue weighted by molar-refractivity contribution is 5.96. The van der Waals surface area contributed by atoms with Crippen LogP contribution in [0.3, 0.4) is 0 Å². The third-order valence-corrected chi connectivity index (χ3v) is 4.52. The average molecular weight is 350 g/mol. The molecule has 1 amide bonds. The molecule has 2 aliphatic heterocycles. The van der Waals surface area contributed by atoms with E-state index in [4.69, 9.17) is 14.0 Å². The smallest absolute Gasteiger partial charge is 0.232 e. The third kappa shape index (κ3) is 2.46. The molecule has 1 aromatic carbocycles. The van der Waals surface area contributed by atoms with Crippen molar-refractivity contribution in [3.8, 4) is 22.9 Å². The van der Waals surface area contributed by atoms with E-state index in [0.29, 0.717) is 36.2 Å². The monoisotopic (exact) mass is 350 g/mol. The van der Waals surface area contributed by atoms with E-state index in [0.717, 1.165) is 11.3 Å². The molecule has 0 aliphatic carbocycles. The van der Waals surface area contributed by atoms with Crippen LogP contribution in [0.15, 0.2) is 47.2 Å². The molecule has 1 atom stereocenters. The fraction of sp³-hybridized carbons (Fsp3) is 0.222. The number of ether oxygens (including phenoxy) is 2. The molecule has 4 heterocycles. The average Bonchev–Trinajstić information content (AvgIpc) is 3.41. The van der Waals surface area contributed by atoms with Crippen molar-refractivity contribution in [2.45, 2.75) is 12.3 Å². The van der Waals surface area contributed by atoms with Crippen LogP contribution in [0.25, 0.3) is 11.4 Å². The van der Waals surface area contributed by atoms with Crippen LogP contribution in [0, 0.1) is 0 Å². The van der Waals surface area contributed by atoms with E-state index in [1.165, 1.54) is 0 Å². The van der Waals surface area contributed by atoms with E-state index in [2.05, 4.69) is 15.1 Å². The lowest BCUT2D eigenvalue weighted by Crippen LogP contribution is -2.24. The maximum absolute atomic E-state index is 12.5. The van der Waals surface area contributed by atoms with Crippen molar-refractivity contribution in [1.29, 1.82) is 0 Å². The number of hydrogen-bond acceptors (Lipinski definition) is 7. The Balaban J connectivity index is 1.38. The van der Waals surface area contributed by atoms with Crippen molar-refractivity contribution in [2.75, 3.05) is 18.2 Å². The highest BCUT2D eigenvalue weighted by Crippen LogP contribution is 2.38. The van der Waals surface area contributed by atoms with Crippen LogP contribution >= 0.6 is 0 Å². The SMILES string of the molecule is O=C1C[C@H](c2nc(-c3ccncc3)no2)CN1c1ccc2c(c1)OCO2. The molecule has 0 spiro atoms. The zero-order chi connectivity index (χ0) is 17.5. The highest BCUT2D eigenvalue weighted by Gasteiger charge is 2.35. The topological polar surface area (TPSA) is 90.6 Å². The Morgan fingerprint density at radius 2 is 1.92 bits per heavy atom. The van der Waals surface area contributed by atoms with Crippen molar-refractivity contribution in [1.82, 2.24) is 15.1 Å². The minimum Gasteiger partial charge on any atom is -0.454 e. The fourth-order valence-electron chi connectivity index (χ4n) is 3.19. The summed E-state index contributed by atoms with van der Waals surface area (Å²) >= 11 is 0. The first-order chi connectivity index (χ1) is 12.8. The van der Waals surface area contributed by atoms with Gasteiger partial charge in [-0.3, -0.25) is 9.78 Å². The van der Waals surface area contributed by atoms with Gasteiger partial charge >= 0.3 is 0 Å². The van der Waals surface area contributed by atoms with Gasteiger partial charge in [0.2, 0.25) is 24.4 Å². The summed E-state index contributed by atoms with van der Waals surface area (Å²) in [5.74, 6) is 2.17. The maximum atomic E-state index is 12.5. The summed E-state index contributed by atoms with van der Waals surface area (Å²) in [6, 6.07) is 9.11. The van der Waals surface area contributed by atoms with E-state index in [-0.39, 0.29) is 18.6 Å². The number of carbonyl (C=O) groups is 1. The summed E-state index contributed by atoms with van der Waals surface area (Å²) in [5.41, 5.74) is 1.60. The highest BCUT2D eigenvalue weighted by atomic mass is 16.7. The molecule has 0 unspecified atom stereocenters. The molecule has 3 aromatic rings. The van der Waals surface area contributed by atoms with Gasteiger partial charge in [-0.1, -0.05) is 5.16 Å². The summed E-state index contributed by atoms with van der Waals surface area (Å²) < 4.78 is 16.1. The van der Waals surface area contributed by atoms with E-state index in [1.807, 2.05) is 30.3 Å². The molecule has 8 nitrogen and oxygen atoms in total. The third-order valence-electron chi connectivity index (χ3n) is 4.52. The minimum absolute atomic E-state index is 0.0116. The van der Waals surface area contributed by atoms with Crippen LogP contribution in [0.5, 0.6) is 11.5 Å². The Morgan fingerprint density at radius 1 is 1.08 bits per heavy atom. The van der Waals surface area contributed by atoms with Gasteiger partial charge < -0.3 is 18.9 Å². The molecule has 130 valence electrons. The predicted molar refractivity (Wildman–Crippen MR) is 89.8 cm³/mol. The number of fused-ring (bicyclic) bond motifs is 1. The number of hydrogen-bond donors (Lipinski definition) is 0. The molecule has 2 aromatic heterocycles. The van der Waals surface area contributed by atoms with Crippen molar-refractivity contribution >= 4 is 11.6 Å². The molecule has 8 heteroatoms. The second-order valence-electron chi connectivity index (χ2n) is 6.14. The zero-order valence-electron chi connectivity index (χ0n) is 13.7. The van der Waals surface area contributed by atoms with E-state index in [1.54, 1.807) is 17.3 Å². The second-order valence-corrected chi connectivity index (χ2v) is 6.14. The minimum atomic E-state index is -0.143. The standard InChI is InChI=1S/C18H14N4O4/c23-16-7-12(18-20-17(21-26-18)11-3-5-19-6-4-11)9-22(16)13-1-2-14-15(8-13)25-10-24-14/h1-6,8,12H,7,9-10H2/t12-/m0/s1. The molecular formula is C18H14N4O4. The molecule has 0 saturated carbocycles. The number of benzene rings is 1. The molecule has 2 aliphatic rings. The molecule has 0 radical (unpaired) electrons. The molecule has 1 fully saturated rings. The Bertz CT molecular complexity index is 972.